The highest BCUT2D eigenvalue weighted by atomic mass is 35.5. The molecule has 9 heteroatoms. The van der Waals surface area contributed by atoms with Crippen LogP contribution in [0.2, 0.25) is 5.02 Å². The average Bonchev–Trinajstić information content (AvgIpc) is 2.56. The van der Waals surface area contributed by atoms with Crippen LogP contribution in [-0.2, 0) is 6.18 Å². The van der Waals surface area contributed by atoms with E-state index < -0.39 is 23.2 Å². The number of anilines is 1. The number of nitrogens with zero attached hydrogens (tertiary/aromatic N) is 2. The maximum atomic E-state index is 14.5. The van der Waals surface area contributed by atoms with Crippen molar-refractivity contribution >= 4 is 28.3 Å². The van der Waals surface area contributed by atoms with Crippen molar-refractivity contribution in [2.75, 3.05) is 12.4 Å². The maximum absolute atomic E-state index is 14.5. The van der Waals surface area contributed by atoms with Gasteiger partial charge in [-0.3, -0.25) is 9.36 Å². The number of para-hydroxylation sites is 1. The van der Waals surface area contributed by atoms with Crippen LogP contribution in [0.3, 0.4) is 0 Å². The van der Waals surface area contributed by atoms with Gasteiger partial charge in [0.15, 0.2) is 0 Å². The Bertz CT molecular complexity index is 1030. The number of halogens is 5. The van der Waals surface area contributed by atoms with Gasteiger partial charge in [0.2, 0.25) is 5.82 Å². The second-order valence-corrected chi connectivity index (χ2v) is 5.50. The number of benzene rings is 1. The fraction of sp³-hybridized carbons (Fsp3) is 0.125. The number of hydrogen-bond acceptors (Lipinski definition) is 3. The topological polar surface area (TPSA) is 46.9 Å². The summed E-state index contributed by atoms with van der Waals surface area (Å²) >= 11 is 6.04. The average molecular weight is 372 g/mol. The third kappa shape index (κ3) is 2.82. The van der Waals surface area contributed by atoms with Crippen LogP contribution in [0.1, 0.15) is 5.69 Å². The predicted molar refractivity (Wildman–Crippen MR) is 86.9 cm³/mol. The van der Waals surface area contributed by atoms with E-state index in [4.69, 9.17) is 11.6 Å². The lowest BCUT2D eigenvalue weighted by atomic mass is 10.2. The van der Waals surface area contributed by atoms with Crippen LogP contribution in [0.4, 0.5) is 23.2 Å². The van der Waals surface area contributed by atoms with Crippen LogP contribution in [0.5, 0.6) is 0 Å². The predicted octanol–water partition coefficient (Wildman–Crippen LogP) is 4.24. The largest absolute Gasteiger partial charge is 0.433 e. The fourth-order valence-corrected chi connectivity index (χ4v) is 2.71. The Labute approximate surface area is 143 Å². The molecule has 0 radical (unpaired) electrons. The molecule has 2 heterocycles. The van der Waals surface area contributed by atoms with Gasteiger partial charge >= 0.3 is 6.18 Å². The van der Waals surface area contributed by atoms with Crippen LogP contribution in [0, 0.1) is 5.82 Å². The van der Waals surface area contributed by atoms with Gasteiger partial charge < -0.3 is 5.32 Å². The van der Waals surface area contributed by atoms with E-state index in [0.717, 1.165) is 16.7 Å². The van der Waals surface area contributed by atoms with Gasteiger partial charge in [-0.05, 0) is 24.3 Å². The highest BCUT2D eigenvalue weighted by Crippen LogP contribution is 2.32. The summed E-state index contributed by atoms with van der Waals surface area (Å²) in [4.78, 5) is 16.0. The molecule has 25 heavy (non-hydrogen) atoms. The third-order valence-corrected chi connectivity index (χ3v) is 3.92. The molecule has 0 fully saturated rings. The molecule has 4 nitrogen and oxygen atoms in total. The van der Waals surface area contributed by atoms with Crippen LogP contribution in [0.25, 0.3) is 16.7 Å². The highest BCUT2D eigenvalue weighted by Gasteiger charge is 2.33. The maximum Gasteiger partial charge on any atom is 0.433 e. The third-order valence-electron chi connectivity index (χ3n) is 3.60. The van der Waals surface area contributed by atoms with Crippen molar-refractivity contribution in [3.8, 4) is 5.69 Å². The number of pyridine rings is 2. The minimum absolute atomic E-state index is 0.0209. The molecule has 1 aromatic carbocycles. The molecule has 0 unspecified atom stereocenters. The first-order valence-corrected chi connectivity index (χ1v) is 7.38. The molecule has 0 saturated carbocycles. The fourth-order valence-electron chi connectivity index (χ4n) is 2.49. The zero-order valence-corrected chi connectivity index (χ0v) is 13.4. The number of aromatic nitrogens is 2. The van der Waals surface area contributed by atoms with Crippen LogP contribution in [-0.4, -0.2) is 16.6 Å². The van der Waals surface area contributed by atoms with E-state index >= 15 is 0 Å². The summed E-state index contributed by atoms with van der Waals surface area (Å²) in [6.07, 6.45) is -4.72. The molecule has 1 N–H and O–H groups in total. The first-order valence-electron chi connectivity index (χ1n) is 7.01. The Hall–Kier alpha value is -2.61. The molecule has 0 aliphatic rings. The van der Waals surface area contributed by atoms with Crippen molar-refractivity contribution in [2.45, 2.75) is 6.18 Å². The van der Waals surface area contributed by atoms with E-state index in [0.29, 0.717) is 0 Å². The van der Waals surface area contributed by atoms with E-state index in [2.05, 4.69) is 10.3 Å². The van der Waals surface area contributed by atoms with Crippen molar-refractivity contribution in [1.29, 1.82) is 0 Å². The van der Waals surface area contributed by atoms with Crippen molar-refractivity contribution in [3.05, 3.63) is 63.3 Å². The first-order chi connectivity index (χ1) is 11.8. The minimum Gasteiger partial charge on any atom is -0.385 e. The molecule has 3 aromatic rings. The van der Waals surface area contributed by atoms with Gasteiger partial charge in [0.05, 0.1) is 16.4 Å². The van der Waals surface area contributed by atoms with Crippen molar-refractivity contribution in [2.24, 2.45) is 0 Å². The summed E-state index contributed by atoms with van der Waals surface area (Å²) in [5, 5.41) is 2.58. The zero-order valence-electron chi connectivity index (χ0n) is 12.7. The Balaban J connectivity index is 2.52. The summed E-state index contributed by atoms with van der Waals surface area (Å²) in [5.74, 6) is -1.14. The molecule has 2 aromatic heterocycles. The molecule has 3 rings (SSSR count). The lowest BCUT2D eigenvalue weighted by Crippen LogP contribution is -2.25. The lowest BCUT2D eigenvalue weighted by Gasteiger charge is -2.16. The number of hydrogen-bond donors (Lipinski definition) is 1. The van der Waals surface area contributed by atoms with Crippen molar-refractivity contribution in [3.63, 3.8) is 0 Å². The van der Waals surface area contributed by atoms with E-state index in [1.54, 1.807) is 6.07 Å². The smallest absolute Gasteiger partial charge is 0.385 e. The normalized spacial score (nSPS) is 11.8. The summed E-state index contributed by atoms with van der Waals surface area (Å²) in [5.41, 5.74) is -2.90. The van der Waals surface area contributed by atoms with Crippen molar-refractivity contribution < 1.29 is 17.6 Å². The van der Waals surface area contributed by atoms with E-state index in [9.17, 15) is 22.4 Å². The van der Waals surface area contributed by atoms with Gasteiger partial charge in [-0.15, -0.1) is 0 Å². The molecule has 0 aliphatic heterocycles. The van der Waals surface area contributed by atoms with Crippen LogP contribution >= 0.6 is 11.6 Å². The summed E-state index contributed by atoms with van der Waals surface area (Å²) < 4.78 is 54.3. The van der Waals surface area contributed by atoms with Gasteiger partial charge in [-0.25, -0.2) is 4.98 Å². The van der Waals surface area contributed by atoms with E-state index in [1.807, 2.05) is 0 Å². The van der Waals surface area contributed by atoms with Crippen molar-refractivity contribution in [1.82, 2.24) is 9.55 Å². The monoisotopic (exact) mass is 371 g/mol. The number of rotatable bonds is 2. The molecular weight excluding hydrogens is 362 g/mol. The SMILES string of the molecule is CNc1c(F)c(=O)n(-c2ccccc2Cl)c2nc(C(F)(F)F)ccc12. The molecule has 0 saturated heterocycles. The quantitative estimate of drug-likeness (QED) is 0.685. The molecule has 0 spiro atoms. The summed E-state index contributed by atoms with van der Waals surface area (Å²) in [6.45, 7) is 0. The summed E-state index contributed by atoms with van der Waals surface area (Å²) in [6, 6.07) is 7.72. The Morgan fingerprint density at radius 2 is 1.84 bits per heavy atom. The summed E-state index contributed by atoms with van der Waals surface area (Å²) in [7, 11) is 1.36. The molecule has 0 aliphatic carbocycles. The first kappa shape index (κ1) is 17.2. The van der Waals surface area contributed by atoms with Crippen LogP contribution in [0.15, 0.2) is 41.2 Å². The van der Waals surface area contributed by atoms with Gasteiger partial charge in [0.1, 0.15) is 11.3 Å². The molecule has 0 atom stereocenters. The molecule has 0 amide bonds. The molecular formula is C16H10ClF4N3O. The second-order valence-electron chi connectivity index (χ2n) is 5.10. The lowest BCUT2D eigenvalue weighted by molar-refractivity contribution is -0.141. The van der Waals surface area contributed by atoms with Gasteiger partial charge in [-0.1, -0.05) is 23.7 Å². The number of fused-ring (bicyclic) bond motifs is 1. The number of alkyl halides is 3. The van der Waals surface area contributed by atoms with E-state index in [-0.39, 0.29) is 27.4 Å². The second kappa shape index (κ2) is 6.03. The highest BCUT2D eigenvalue weighted by molar-refractivity contribution is 6.32. The van der Waals surface area contributed by atoms with Gasteiger partial charge in [0.25, 0.3) is 5.56 Å². The van der Waals surface area contributed by atoms with Crippen LogP contribution < -0.4 is 10.9 Å². The molecule has 130 valence electrons. The van der Waals surface area contributed by atoms with Gasteiger partial charge in [0, 0.05) is 12.4 Å². The van der Waals surface area contributed by atoms with E-state index in [1.165, 1.54) is 25.2 Å². The molecule has 0 bridgehead atoms. The van der Waals surface area contributed by atoms with Gasteiger partial charge in [-0.2, -0.15) is 17.6 Å². The Morgan fingerprint density at radius 3 is 2.44 bits per heavy atom. The number of nitrogens with one attached hydrogen (secondary N) is 1. The Kier molecular flexibility index (Phi) is 4.16. The minimum atomic E-state index is -4.72. The standard InChI is InChI=1S/C16H10ClF4N3O/c1-22-13-8-6-7-11(16(19,20)21)23-14(8)24(15(25)12(13)18)10-5-3-2-4-9(10)17/h2-7,22H,1H3. The zero-order chi connectivity index (χ0) is 18.4. The Morgan fingerprint density at radius 1 is 1.16 bits per heavy atom.